The van der Waals surface area contributed by atoms with Crippen molar-refractivity contribution in [3.63, 3.8) is 0 Å². The van der Waals surface area contributed by atoms with E-state index in [2.05, 4.69) is 5.10 Å². The molecule has 0 aromatic heterocycles. The van der Waals surface area contributed by atoms with Gasteiger partial charge in [0, 0.05) is 30.9 Å². The molecular weight excluding hydrogens is 378 g/mol. The lowest BCUT2D eigenvalue weighted by Gasteiger charge is -2.22. The van der Waals surface area contributed by atoms with Crippen molar-refractivity contribution in [1.29, 1.82) is 0 Å². The van der Waals surface area contributed by atoms with Gasteiger partial charge in [0.2, 0.25) is 5.91 Å². The van der Waals surface area contributed by atoms with Crippen LogP contribution in [0.15, 0.2) is 53.6 Å². The second-order valence-electron chi connectivity index (χ2n) is 6.45. The maximum absolute atomic E-state index is 12.6. The predicted octanol–water partition coefficient (Wildman–Crippen LogP) is 1.81. The number of amides is 1. The quantitative estimate of drug-likeness (QED) is 0.519. The van der Waals surface area contributed by atoms with E-state index in [-0.39, 0.29) is 12.1 Å². The fraction of sp³-hybridized carbons (Fsp3) is 0.250. The van der Waals surface area contributed by atoms with Gasteiger partial charge >= 0.3 is 0 Å². The smallest absolute Gasteiger partial charge is 0.269 e. The lowest BCUT2D eigenvalue weighted by atomic mass is 9.98. The Hall–Kier alpha value is -3.75. The van der Waals surface area contributed by atoms with Crippen LogP contribution in [0.25, 0.3) is 0 Å². The van der Waals surface area contributed by atoms with E-state index in [0.29, 0.717) is 23.4 Å². The van der Waals surface area contributed by atoms with Gasteiger partial charge in [0.25, 0.3) is 5.69 Å². The van der Waals surface area contributed by atoms with Crippen molar-refractivity contribution >= 4 is 23.3 Å². The van der Waals surface area contributed by atoms with Crippen molar-refractivity contribution in [2.75, 3.05) is 7.11 Å². The van der Waals surface area contributed by atoms with Gasteiger partial charge in [-0.05, 0) is 41.8 Å². The number of carbonyl (C=O) groups excluding carboxylic acids is 2. The third kappa shape index (κ3) is 4.57. The van der Waals surface area contributed by atoms with E-state index < -0.39 is 29.3 Å². The van der Waals surface area contributed by atoms with Gasteiger partial charge in [-0.1, -0.05) is 12.1 Å². The molecule has 0 N–H and O–H groups in total. The minimum atomic E-state index is -1.32. The number of hydrogen-bond acceptors (Lipinski definition) is 7. The van der Waals surface area contributed by atoms with Gasteiger partial charge in [-0.25, -0.2) is 5.01 Å². The SMILES string of the molecule is COc1ccc(C2=NN(C(=O)CCC(=O)[O-])[C@H](c3ccc([N+](=O)[O-])cc3)C2)cc1. The third-order valence-corrected chi connectivity index (χ3v) is 4.62. The van der Waals surface area contributed by atoms with E-state index in [1.807, 2.05) is 12.1 Å². The maximum Gasteiger partial charge on any atom is 0.269 e. The fourth-order valence-electron chi connectivity index (χ4n) is 3.10. The number of nitrogens with zero attached hydrogens (tertiary/aromatic N) is 3. The molecule has 150 valence electrons. The molecule has 1 aliphatic rings. The summed E-state index contributed by atoms with van der Waals surface area (Å²) in [5.74, 6) is -1.09. The number of carboxylic acid groups (broad SMARTS) is 1. The number of non-ortho nitro benzene ring substituents is 1. The molecule has 0 saturated heterocycles. The minimum Gasteiger partial charge on any atom is -0.550 e. The highest BCUT2D eigenvalue weighted by molar-refractivity contribution is 6.03. The van der Waals surface area contributed by atoms with Crippen LogP contribution in [0.3, 0.4) is 0 Å². The Morgan fingerprint density at radius 2 is 1.79 bits per heavy atom. The van der Waals surface area contributed by atoms with Gasteiger partial charge in [-0.3, -0.25) is 14.9 Å². The van der Waals surface area contributed by atoms with Crippen LogP contribution < -0.4 is 9.84 Å². The third-order valence-electron chi connectivity index (χ3n) is 4.62. The molecule has 0 aliphatic carbocycles. The molecule has 1 aliphatic heterocycles. The molecule has 3 rings (SSSR count). The van der Waals surface area contributed by atoms with Gasteiger partial charge in [0.15, 0.2) is 0 Å². The Bertz CT molecular complexity index is 953. The van der Waals surface area contributed by atoms with Crippen LogP contribution in [0.2, 0.25) is 0 Å². The molecule has 2 aromatic carbocycles. The second-order valence-corrected chi connectivity index (χ2v) is 6.45. The molecule has 0 bridgehead atoms. The average molecular weight is 396 g/mol. The molecule has 0 saturated carbocycles. The van der Waals surface area contributed by atoms with Gasteiger partial charge in [-0.2, -0.15) is 5.10 Å². The summed E-state index contributed by atoms with van der Waals surface area (Å²) in [4.78, 5) is 33.7. The standard InChI is InChI=1S/C20H19N3O6/c1-29-16-8-4-13(5-9-16)17-12-18(14-2-6-15(7-3-14)23(27)28)22(21-17)19(24)10-11-20(25)26/h2-9,18H,10-12H2,1H3,(H,25,26)/p-1/t18-/m0/s1. The van der Waals surface area contributed by atoms with Crippen molar-refractivity contribution in [2.24, 2.45) is 5.10 Å². The Balaban J connectivity index is 1.89. The number of carboxylic acids is 1. The first-order valence-corrected chi connectivity index (χ1v) is 8.87. The molecule has 1 atom stereocenters. The first-order chi connectivity index (χ1) is 13.9. The lowest BCUT2D eigenvalue weighted by molar-refractivity contribution is -0.384. The number of nitro groups is 1. The summed E-state index contributed by atoms with van der Waals surface area (Å²) in [6.45, 7) is 0. The predicted molar refractivity (Wildman–Crippen MR) is 101 cm³/mol. The Morgan fingerprint density at radius 3 is 2.34 bits per heavy atom. The zero-order chi connectivity index (χ0) is 21.0. The lowest BCUT2D eigenvalue weighted by Crippen LogP contribution is -2.29. The molecule has 0 radical (unpaired) electrons. The zero-order valence-corrected chi connectivity index (χ0v) is 15.6. The van der Waals surface area contributed by atoms with Crippen LogP contribution >= 0.6 is 0 Å². The minimum absolute atomic E-state index is 0.0575. The van der Waals surface area contributed by atoms with E-state index in [1.165, 1.54) is 17.1 Å². The van der Waals surface area contributed by atoms with Crippen LogP contribution in [-0.4, -0.2) is 34.6 Å². The number of methoxy groups -OCH3 is 1. The van der Waals surface area contributed by atoms with Crippen molar-refractivity contribution in [1.82, 2.24) is 5.01 Å². The van der Waals surface area contributed by atoms with Crippen LogP contribution in [-0.2, 0) is 9.59 Å². The molecule has 0 fully saturated rings. The Labute approximate surface area is 166 Å². The first kappa shape index (κ1) is 20.0. The molecule has 0 unspecified atom stereocenters. The van der Waals surface area contributed by atoms with Crippen molar-refractivity contribution < 1.29 is 24.4 Å². The van der Waals surface area contributed by atoms with Crippen molar-refractivity contribution in [3.8, 4) is 5.75 Å². The molecule has 9 nitrogen and oxygen atoms in total. The average Bonchev–Trinajstić information content (AvgIpc) is 3.17. The first-order valence-electron chi connectivity index (χ1n) is 8.87. The number of hydrazone groups is 1. The molecule has 0 spiro atoms. The summed E-state index contributed by atoms with van der Waals surface area (Å²) in [6, 6.07) is 12.6. The van der Waals surface area contributed by atoms with E-state index >= 15 is 0 Å². The van der Waals surface area contributed by atoms with Crippen molar-refractivity contribution in [2.45, 2.75) is 25.3 Å². The fourth-order valence-corrected chi connectivity index (χ4v) is 3.10. The number of rotatable bonds is 7. The number of carbonyl (C=O) groups is 2. The van der Waals surface area contributed by atoms with Gasteiger partial charge in [-0.15, -0.1) is 0 Å². The highest BCUT2D eigenvalue weighted by Crippen LogP contribution is 2.34. The molecule has 2 aromatic rings. The van der Waals surface area contributed by atoms with Gasteiger partial charge in [0.05, 0.1) is 23.8 Å². The molecule has 9 heteroatoms. The van der Waals surface area contributed by atoms with E-state index in [4.69, 9.17) is 4.74 Å². The number of benzene rings is 2. The Kier molecular flexibility index (Phi) is 5.87. The highest BCUT2D eigenvalue weighted by Gasteiger charge is 2.33. The van der Waals surface area contributed by atoms with Crippen LogP contribution in [0.4, 0.5) is 5.69 Å². The van der Waals surface area contributed by atoms with Crippen LogP contribution in [0.1, 0.15) is 36.4 Å². The van der Waals surface area contributed by atoms with E-state index in [0.717, 1.165) is 5.56 Å². The van der Waals surface area contributed by atoms with Gasteiger partial charge in [0.1, 0.15) is 5.75 Å². The summed E-state index contributed by atoms with van der Waals surface area (Å²) in [6.07, 6.45) is -0.262. The monoisotopic (exact) mass is 396 g/mol. The number of nitro benzene ring substituents is 1. The van der Waals surface area contributed by atoms with Crippen molar-refractivity contribution in [3.05, 3.63) is 69.8 Å². The van der Waals surface area contributed by atoms with E-state index in [1.54, 1.807) is 31.4 Å². The van der Waals surface area contributed by atoms with Crippen LogP contribution in [0, 0.1) is 10.1 Å². The summed E-state index contributed by atoms with van der Waals surface area (Å²) >= 11 is 0. The summed E-state index contributed by atoms with van der Waals surface area (Å²) in [5, 5.41) is 27.3. The second kappa shape index (κ2) is 8.51. The summed E-state index contributed by atoms with van der Waals surface area (Å²) in [5.41, 5.74) is 2.06. The summed E-state index contributed by atoms with van der Waals surface area (Å²) < 4.78 is 5.15. The topological polar surface area (TPSA) is 125 Å². The zero-order valence-electron chi connectivity index (χ0n) is 15.6. The van der Waals surface area contributed by atoms with E-state index in [9.17, 15) is 24.8 Å². The molecule has 1 heterocycles. The molecular formula is C20H18N3O6-. The molecule has 1 amide bonds. The number of hydrogen-bond donors (Lipinski definition) is 0. The highest BCUT2D eigenvalue weighted by atomic mass is 16.6. The maximum atomic E-state index is 12.6. The van der Waals surface area contributed by atoms with Gasteiger partial charge < -0.3 is 14.6 Å². The largest absolute Gasteiger partial charge is 0.550 e. The normalized spacial score (nSPS) is 15.7. The molecule has 29 heavy (non-hydrogen) atoms. The summed E-state index contributed by atoms with van der Waals surface area (Å²) in [7, 11) is 1.56. The van der Waals surface area contributed by atoms with Crippen LogP contribution in [0.5, 0.6) is 5.75 Å². The Morgan fingerprint density at radius 1 is 1.14 bits per heavy atom. The number of aliphatic carboxylic acids is 1. The number of ether oxygens (including phenoxy) is 1.